The molecule has 2 aromatic heterocycles. The largest absolute Gasteiger partial charge is 0.497 e. The van der Waals surface area contributed by atoms with Gasteiger partial charge in [-0.05, 0) is 36.2 Å². The monoisotopic (exact) mass is 452 g/mol. The highest BCUT2D eigenvalue weighted by Crippen LogP contribution is 2.24. The average molecular weight is 453 g/mol. The quantitative estimate of drug-likeness (QED) is 0.593. The summed E-state index contributed by atoms with van der Waals surface area (Å²) in [5.74, 6) is 1.88. The van der Waals surface area contributed by atoms with E-state index >= 15 is 0 Å². The number of fused-ring (bicyclic) bond motifs is 1. The first-order valence-corrected chi connectivity index (χ1v) is 11.1. The fourth-order valence-electron chi connectivity index (χ4n) is 4.06. The number of methoxy groups -OCH3 is 1. The Bertz CT molecular complexity index is 1100. The molecule has 1 N–H and O–H groups in total. The Morgan fingerprint density at radius 3 is 2.76 bits per heavy atom. The molecule has 9 heteroatoms. The summed E-state index contributed by atoms with van der Waals surface area (Å²) in [7, 11) is 1.58. The fraction of sp³-hybridized carbons (Fsp3) is 0.417. The van der Waals surface area contributed by atoms with Crippen molar-refractivity contribution in [3.8, 4) is 5.75 Å². The van der Waals surface area contributed by atoms with Crippen LogP contribution in [0.3, 0.4) is 0 Å². The van der Waals surface area contributed by atoms with Crippen molar-refractivity contribution in [1.29, 1.82) is 0 Å². The molecule has 0 unspecified atom stereocenters. The Kier molecular flexibility index (Phi) is 6.98. The zero-order valence-electron chi connectivity index (χ0n) is 19.2. The predicted molar refractivity (Wildman–Crippen MR) is 121 cm³/mol. The summed E-state index contributed by atoms with van der Waals surface area (Å²) >= 11 is 0. The van der Waals surface area contributed by atoms with Crippen molar-refractivity contribution in [2.24, 2.45) is 5.92 Å². The van der Waals surface area contributed by atoms with E-state index in [9.17, 15) is 9.18 Å². The van der Waals surface area contributed by atoms with Gasteiger partial charge in [-0.3, -0.25) is 14.7 Å². The normalized spacial score (nSPS) is 15.1. The molecule has 1 aliphatic rings. The van der Waals surface area contributed by atoms with E-state index in [1.165, 1.54) is 6.07 Å². The van der Waals surface area contributed by atoms with Gasteiger partial charge in [0.1, 0.15) is 23.1 Å². The number of hydrogen-bond donors (Lipinski definition) is 1. The summed E-state index contributed by atoms with van der Waals surface area (Å²) < 4.78 is 21.7. The van der Waals surface area contributed by atoms with E-state index in [0.29, 0.717) is 43.1 Å². The van der Waals surface area contributed by atoms with Crippen molar-refractivity contribution >= 4 is 5.91 Å². The molecule has 174 valence electrons. The molecule has 4 rings (SSSR count). The molecule has 0 bridgehead atoms. The maximum atomic E-state index is 14.3. The van der Waals surface area contributed by atoms with E-state index in [4.69, 9.17) is 4.74 Å². The lowest BCUT2D eigenvalue weighted by Crippen LogP contribution is -2.34. The minimum atomic E-state index is -0.303. The lowest BCUT2D eigenvalue weighted by molar-refractivity contribution is 0.0916. The summed E-state index contributed by atoms with van der Waals surface area (Å²) in [6.45, 7) is 6.68. The molecule has 0 saturated heterocycles. The lowest BCUT2D eigenvalue weighted by atomic mass is 10.0. The molecule has 0 fully saturated rings. The molecule has 1 aromatic carbocycles. The van der Waals surface area contributed by atoms with Crippen LogP contribution >= 0.6 is 0 Å². The molecule has 3 aromatic rings. The molecular formula is C24H29FN6O2. The Morgan fingerprint density at radius 1 is 1.18 bits per heavy atom. The topological polar surface area (TPSA) is 85.2 Å². The minimum Gasteiger partial charge on any atom is -0.497 e. The molecule has 1 aliphatic heterocycles. The lowest BCUT2D eigenvalue weighted by Gasteiger charge is -2.23. The molecule has 0 aliphatic carbocycles. The van der Waals surface area contributed by atoms with Gasteiger partial charge in [-0.15, -0.1) is 10.2 Å². The third-order valence-corrected chi connectivity index (χ3v) is 5.92. The summed E-state index contributed by atoms with van der Waals surface area (Å²) in [4.78, 5) is 19.1. The first-order valence-electron chi connectivity index (χ1n) is 11.1. The Balaban J connectivity index is 1.49. The van der Waals surface area contributed by atoms with Gasteiger partial charge in [0.25, 0.3) is 5.91 Å². The summed E-state index contributed by atoms with van der Waals surface area (Å²) in [5.41, 5.74) is 0.972. The zero-order valence-corrected chi connectivity index (χ0v) is 19.2. The molecule has 33 heavy (non-hydrogen) atoms. The van der Waals surface area contributed by atoms with Gasteiger partial charge in [-0.25, -0.2) is 4.39 Å². The van der Waals surface area contributed by atoms with Crippen LogP contribution in [0.15, 0.2) is 42.6 Å². The number of hydrogen-bond acceptors (Lipinski definition) is 6. The average Bonchev–Trinajstić information content (AvgIpc) is 3.12. The van der Waals surface area contributed by atoms with E-state index in [2.05, 4.69) is 30.0 Å². The second-order valence-corrected chi connectivity index (χ2v) is 8.52. The van der Waals surface area contributed by atoms with Crippen molar-refractivity contribution in [2.45, 2.75) is 39.4 Å². The molecular weight excluding hydrogens is 423 g/mol. The minimum absolute atomic E-state index is 0.108. The van der Waals surface area contributed by atoms with Gasteiger partial charge in [-0.1, -0.05) is 19.9 Å². The van der Waals surface area contributed by atoms with Gasteiger partial charge in [0.15, 0.2) is 5.82 Å². The number of benzene rings is 1. The number of nitrogens with zero attached hydrogens (tertiary/aromatic N) is 5. The Labute approximate surface area is 192 Å². The molecule has 1 atom stereocenters. The highest BCUT2D eigenvalue weighted by Gasteiger charge is 2.28. The summed E-state index contributed by atoms with van der Waals surface area (Å²) in [5, 5.41) is 11.9. The molecule has 0 spiro atoms. The predicted octanol–water partition coefficient (Wildman–Crippen LogP) is 3.01. The third kappa shape index (κ3) is 5.19. The van der Waals surface area contributed by atoms with Gasteiger partial charge in [0.2, 0.25) is 0 Å². The number of ether oxygens (including phenoxy) is 1. The second-order valence-electron chi connectivity index (χ2n) is 8.52. The first-order chi connectivity index (χ1) is 16.0. The Morgan fingerprint density at radius 2 is 2.03 bits per heavy atom. The Hall–Kier alpha value is -3.33. The molecule has 3 heterocycles. The highest BCUT2D eigenvalue weighted by atomic mass is 19.1. The third-order valence-electron chi connectivity index (χ3n) is 5.92. The number of nitrogens with one attached hydrogen (secondary N) is 1. The number of rotatable bonds is 7. The molecule has 8 nitrogen and oxygen atoms in total. The fourth-order valence-corrected chi connectivity index (χ4v) is 4.06. The first kappa shape index (κ1) is 22.8. The standard InChI is InChI=1S/C24H29FN6O2/c1-16(2)22(27-24(32)20-6-4-5-10-26-20)23-29-28-21-9-11-30(12-13-31(21)23)15-17-14-18(33-3)7-8-19(17)25/h4-8,10,14,16,22H,9,11-13,15H2,1-3H3,(H,27,32)/t22-/m0/s1. The summed E-state index contributed by atoms with van der Waals surface area (Å²) in [6, 6.07) is 9.76. The van der Waals surface area contributed by atoms with Crippen LogP contribution in [0.5, 0.6) is 5.75 Å². The van der Waals surface area contributed by atoms with E-state index in [1.54, 1.807) is 43.6 Å². The summed E-state index contributed by atoms with van der Waals surface area (Å²) in [6.07, 6.45) is 2.29. The number of amides is 1. The highest BCUT2D eigenvalue weighted by molar-refractivity contribution is 5.92. The van der Waals surface area contributed by atoms with Crippen LogP contribution in [-0.4, -0.2) is 50.8 Å². The van der Waals surface area contributed by atoms with E-state index in [0.717, 1.165) is 18.2 Å². The number of carbonyl (C=O) groups excluding carboxylic acids is 1. The van der Waals surface area contributed by atoms with Gasteiger partial charge >= 0.3 is 0 Å². The molecule has 0 saturated carbocycles. The van der Waals surface area contributed by atoms with Crippen LogP contribution in [0, 0.1) is 11.7 Å². The molecule has 1 amide bonds. The van der Waals surface area contributed by atoms with Crippen LogP contribution in [-0.2, 0) is 19.5 Å². The van der Waals surface area contributed by atoms with Gasteiger partial charge < -0.3 is 14.6 Å². The smallest absolute Gasteiger partial charge is 0.270 e. The van der Waals surface area contributed by atoms with Crippen molar-refractivity contribution in [3.05, 3.63) is 71.3 Å². The van der Waals surface area contributed by atoms with E-state index in [1.807, 2.05) is 13.8 Å². The van der Waals surface area contributed by atoms with Crippen molar-refractivity contribution in [2.75, 3.05) is 20.2 Å². The van der Waals surface area contributed by atoms with E-state index in [-0.39, 0.29) is 23.7 Å². The maximum absolute atomic E-state index is 14.3. The van der Waals surface area contributed by atoms with E-state index < -0.39 is 0 Å². The second kappa shape index (κ2) is 10.1. The van der Waals surface area contributed by atoms with Gasteiger partial charge in [0.05, 0.1) is 13.2 Å². The molecule has 0 radical (unpaired) electrons. The zero-order chi connectivity index (χ0) is 23.4. The number of carbonyl (C=O) groups is 1. The van der Waals surface area contributed by atoms with Crippen molar-refractivity contribution in [1.82, 2.24) is 30.0 Å². The SMILES string of the molecule is COc1ccc(F)c(CN2CCc3nnc([C@@H](NC(=O)c4ccccn4)C(C)C)n3CC2)c1. The van der Waals surface area contributed by atoms with Crippen LogP contribution < -0.4 is 10.1 Å². The van der Waals surface area contributed by atoms with Gasteiger partial charge in [0, 0.05) is 44.4 Å². The number of halogens is 1. The van der Waals surface area contributed by atoms with Crippen LogP contribution in [0.4, 0.5) is 4.39 Å². The van der Waals surface area contributed by atoms with Crippen LogP contribution in [0.25, 0.3) is 0 Å². The van der Waals surface area contributed by atoms with Crippen LogP contribution in [0.1, 0.15) is 47.6 Å². The maximum Gasteiger partial charge on any atom is 0.270 e. The van der Waals surface area contributed by atoms with Crippen molar-refractivity contribution in [3.63, 3.8) is 0 Å². The number of aromatic nitrogens is 4. The van der Waals surface area contributed by atoms with Crippen molar-refractivity contribution < 1.29 is 13.9 Å². The van der Waals surface area contributed by atoms with Gasteiger partial charge in [-0.2, -0.15) is 0 Å². The van der Waals surface area contributed by atoms with Crippen LogP contribution in [0.2, 0.25) is 0 Å². The number of pyridine rings is 1.